The predicted octanol–water partition coefficient (Wildman–Crippen LogP) is 2.25. The van der Waals surface area contributed by atoms with Gasteiger partial charge < -0.3 is 14.6 Å². The van der Waals surface area contributed by atoms with Crippen molar-refractivity contribution in [2.24, 2.45) is 0 Å². The zero-order valence-electron chi connectivity index (χ0n) is 11.1. The zero-order valence-corrected chi connectivity index (χ0v) is 11.1. The highest BCUT2D eigenvalue weighted by Crippen LogP contribution is 2.22. The fourth-order valence-electron chi connectivity index (χ4n) is 1.42. The Morgan fingerprint density at radius 2 is 2.15 bits per heavy atom. The summed E-state index contributed by atoms with van der Waals surface area (Å²) in [4.78, 5) is 21.9. The second-order valence-electron chi connectivity index (χ2n) is 3.87. The summed E-state index contributed by atoms with van der Waals surface area (Å²) < 4.78 is 23.3. The first-order chi connectivity index (χ1) is 9.43. The number of carboxylic acids is 1. The van der Waals surface area contributed by atoms with Gasteiger partial charge in [-0.25, -0.2) is 14.0 Å². The molecule has 0 aromatic heterocycles. The Morgan fingerprint density at radius 1 is 1.45 bits per heavy atom. The Hall–Kier alpha value is -2.37. The Balaban J connectivity index is 2.94. The van der Waals surface area contributed by atoms with Crippen molar-refractivity contribution in [1.82, 2.24) is 0 Å². The molecule has 5 nitrogen and oxygen atoms in total. The molecule has 0 aliphatic carbocycles. The molecule has 6 heteroatoms. The second-order valence-corrected chi connectivity index (χ2v) is 3.87. The molecule has 0 aliphatic rings. The van der Waals surface area contributed by atoms with Crippen molar-refractivity contribution in [3.05, 3.63) is 35.7 Å². The standard InChI is InChI=1S/C14H15FO5/c1-3-19-14(18)9(2)20-12-6-5-11(15)8-10(12)4-7-13(16)17/h4-9H,3H2,1-2H3,(H,16,17)/b7-4+. The molecule has 1 unspecified atom stereocenters. The van der Waals surface area contributed by atoms with E-state index < -0.39 is 23.9 Å². The summed E-state index contributed by atoms with van der Waals surface area (Å²) in [5.41, 5.74) is 0.226. The van der Waals surface area contributed by atoms with Gasteiger partial charge in [-0.05, 0) is 38.1 Å². The molecule has 0 spiro atoms. The molecule has 0 amide bonds. The number of carbonyl (C=O) groups is 2. The first-order valence-electron chi connectivity index (χ1n) is 5.98. The molecule has 1 N–H and O–H groups in total. The largest absolute Gasteiger partial charge is 0.478 e. The Labute approximate surface area is 115 Å². The third-order valence-electron chi connectivity index (χ3n) is 2.30. The summed E-state index contributed by atoms with van der Waals surface area (Å²) in [7, 11) is 0. The summed E-state index contributed by atoms with van der Waals surface area (Å²) in [6.45, 7) is 3.39. The van der Waals surface area contributed by atoms with E-state index in [2.05, 4.69) is 0 Å². The Kier molecular flexibility index (Phi) is 5.71. The van der Waals surface area contributed by atoms with E-state index in [9.17, 15) is 14.0 Å². The van der Waals surface area contributed by atoms with Gasteiger partial charge in [0.2, 0.25) is 0 Å². The number of hydrogen-bond donors (Lipinski definition) is 1. The van der Waals surface area contributed by atoms with Crippen LogP contribution in [0.1, 0.15) is 19.4 Å². The molecule has 1 aromatic rings. The maximum absolute atomic E-state index is 13.2. The van der Waals surface area contributed by atoms with Crippen LogP contribution in [0, 0.1) is 5.82 Å². The van der Waals surface area contributed by atoms with Gasteiger partial charge in [0.1, 0.15) is 11.6 Å². The molecule has 0 aliphatic heterocycles. The number of halogens is 1. The molecule has 108 valence electrons. The molecule has 0 saturated heterocycles. The molecule has 20 heavy (non-hydrogen) atoms. The smallest absolute Gasteiger partial charge is 0.347 e. The summed E-state index contributed by atoms with van der Waals surface area (Å²) in [6.07, 6.45) is 1.17. The quantitative estimate of drug-likeness (QED) is 0.640. The van der Waals surface area contributed by atoms with E-state index in [4.69, 9.17) is 14.6 Å². The highest BCUT2D eigenvalue weighted by Gasteiger charge is 2.17. The lowest BCUT2D eigenvalue weighted by atomic mass is 10.1. The lowest BCUT2D eigenvalue weighted by Gasteiger charge is -2.15. The van der Waals surface area contributed by atoms with Crippen LogP contribution in [0.15, 0.2) is 24.3 Å². The molecular weight excluding hydrogens is 267 g/mol. The van der Waals surface area contributed by atoms with Gasteiger partial charge in [-0.2, -0.15) is 0 Å². The lowest BCUT2D eigenvalue weighted by molar-refractivity contribution is -0.150. The van der Waals surface area contributed by atoms with E-state index in [1.54, 1.807) is 6.92 Å². The SMILES string of the molecule is CCOC(=O)C(C)Oc1ccc(F)cc1/C=C/C(=O)O. The predicted molar refractivity (Wildman–Crippen MR) is 69.8 cm³/mol. The van der Waals surface area contributed by atoms with Gasteiger partial charge in [-0.15, -0.1) is 0 Å². The fraction of sp³-hybridized carbons (Fsp3) is 0.286. The van der Waals surface area contributed by atoms with E-state index in [0.717, 1.165) is 18.2 Å². The van der Waals surface area contributed by atoms with Gasteiger partial charge in [-0.3, -0.25) is 0 Å². The number of esters is 1. The van der Waals surface area contributed by atoms with Crippen LogP contribution >= 0.6 is 0 Å². The summed E-state index contributed by atoms with van der Waals surface area (Å²) in [5, 5.41) is 8.58. The van der Waals surface area contributed by atoms with E-state index in [0.29, 0.717) is 0 Å². The van der Waals surface area contributed by atoms with Crippen LogP contribution in [-0.4, -0.2) is 29.8 Å². The zero-order chi connectivity index (χ0) is 15.1. The second kappa shape index (κ2) is 7.28. The number of carbonyl (C=O) groups excluding carboxylic acids is 1. The van der Waals surface area contributed by atoms with E-state index >= 15 is 0 Å². The number of rotatable bonds is 6. The third-order valence-corrected chi connectivity index (χ3v) is 2.30. The maximum Gasteiger partial charge on any atom is 0.347 e. The molecule has 0 radical (unpaired) electrons. The van der Waals surface area contributed by atoms with E-state index in [-0.39, 0.29) is 17.9 Å². The van der Waals surface area contributed by atoms with Gasteiger partial charge >= 0.3 is 11.9 Å². The van der Waals surface area contributed by atoms with Crippen LogP contribution in [0.4, 0.5) is 4.39 Å². The average Bonchev–Trinajstić information content (AvgIpc) is 2.39. The topological polar surface area (TPSA) is 72.8 Å². The van der Waals surface area contributed by atoms with Crippen LogP contribution in [0.2, 0.25) is 0 Å². The van der Waals surface area contributed by atoms with Crippen molar-refractivity contribution in [2.45, 2.75) is 20.0 Å². The number of hydrogen-bond acceptors (Lipinski definition) is 4. The van der Waals surface area contributed by atoms with Gasteiger partial charge in [0.15, 0.2) is 6.10 Å². The molecular formula is C14H15FO5. The Morgan fingerprint density at radius 3 is 2.75 bits per heavy atom. The van der Waals surface area contributed by atoms with Gasteiger partial charge in [0.25, 0.3) is 0 Å². The lowest BCUT2D eigenvalue weighted by Crippen LogP contribution is -2.26. The van der Waals surface area contributed by atoms with Crippen molar-refractivity contribution in [1.29, 1.82) is 0 Å². The number of carboxylic acid groups (broad SMARTS) is 1. The van der Waals surface area contributed by atoms with Crippen molar-refractivity contribution in [2.75, 3.05) is 6.61 Å². The van der Waals surface area contributed by atoms with Gasteiger partial charge in [0.05, 0.1) is 6.61 Å². The van der Waals surface area contributed by atoms with Gasteiger partial charge in [-0.1, -0.05) is 0 Å². The molecule has 1 atom stereocenters. The summed E-state index contributed by atoms with van der Waals surface area (Å²) in [6, 6.07) is 3.60. The number of benzene rings is 1. The maximum atomic E-state index is 13.2. The van der Waals surface area contributed by atoms with Crippen molar-refractivity contribution in [3.8, 4) is 5.75 Å². The third kappa shape index (κ3) is 4.72. The minimum Gasteiger partial charge on any atom is -0.478 e. The first kappa shape index (κ1) is 15.7. The Bertz CT molecular complexity index is 524. The molecule has 0 saturated carbocycles. The molecule has 0 heterocycles. The fourth-order valence-corrected chi connectivity index (χ4v) is 1.42. The van der Waals surface area contributed by atoms with Crippen molar-refractivity contribution < 1.29 is 28.6 Å². The van der Waals surface area contributed by atoms with Crippen LogP contribution in [0.25, 0.3) is 6.08 Å². The average molecular weight is 282 g/mol. The highest BCUT2D eigenvalue weighted by atomic mass is 19.1. The minimum absolute atomic E-state index is 0.199. The van der Waals surface area contributed by atoms with Crippen LogP contribution in [0.5, 0.6) is 5.75 Å². The monoisotopic (exact) mass is 282 g/mol. The molecule has 1 rings (SSSR count). The van der Waals surface area contributed by atoms with E-state index in [1.165, 1.54) is 19.1 Å². The van der Waals surface area contributed by atoms with Crippen molar-refractivity contribution >= 4 is 18.0 Å². The number of aliphatic carboxylic acids is 1. The van der Waals surface area contributed by atoms with Gasteiger partial charge in [0, 0.05) is 11.6 Å². The minimum atomic E-state index is -1.17. The van der Waals surface area contributed by atoms with Crippen LogP contribution in [-0.2, 0) is 14.3 Å². The summed E-state index contributed by atoms with van der Waals surface area (Å²) >= 11 is 0. The van der Waals surface area contributed by atoms with Crippen LogP contribution in [0.3, 0.4) is 0 Å². The molecule has 0 bridgehead atoms. The summed E-state index contributed by atoms with van der Waals surface area (Å²) in [5.74, 6) is -2.06. The normalized spacial score (nSPS) is 12.2. The first-order valence-corrected chi connectivity index (χ1v) is 5.98. The van der Waals surface area contributed by atoms with Crippen molar-refractivity contribution in [3.63, 3.8) is 0 Å². The molecule has 0 fully saturated rings. The molecule has 1 aromatic carbocycles. The number of ether oxygens (including phenoxy) is 2. The highest BCUT2D eigenvalue weighted by molar-refractivity contribution is 5.86. The van der Waals surface area contributed by atoms with E-state index in [1.807, 2.05) is 0 Å². The van der Waals surface area contributed by atoms with Crippen LogP contribution < -0.4 is 4.74 Å².